The molecule has 1 aromatic rings. The normalized spacial score (nSPS) is 12.6. The third-order valence-electron chi connectivity index (χ3n) is 2.39. The molecule has 1 atom stereocenters. The standard InChI is InChI=1S/C11H16BrNO3/c1-6-4-7(12)11(16-3)10(15)9(6)8(14)5-13-2/h4,8,13-15H,5H2,1-3H3. The third-order valence-corrected chi connectivity index (χ3v) is 2.98. The van der Waals surface area contributed by atoms with Crippen molar-refractivity contribution in [3.05, 3.63) is 21.7 Å². The van der Waals surface area contributed by atoms with Crippen molar-refractivity contribution in [3.8, 4) is 11.5 Å². The van der Waals surface area contributed by atoms with Crippen LogP contribution in [0.4, 0.5) is 0 Å². The Labute approximate surface area is 103 Å². The van der Waals surface area contributed by atoms with Crippen LogP contribution in [0.2, 0.25) is 0 Å². The smallest absolute Gasteiger partial charge is 0.175 e. The Kier molecular flexibility index (Phi) is 4.58. The SMILES string of the molecule is CNCC(O)c1c(C)cc(Br)c(OC)c1O. The lowest BCUT2D eigenvalue weighted by Gasteiger charge is -2.18. The number of halogens is 1. The molecule has 5 heteroatoms. The Balaban J connectivity index is 3.27. The fourth-order valence-electron chi connectivity index (χ4n) is 1.67. The van der Waals surface area contributed by atoms with Crippen molar-refractivity contribution in [2.24, 2.45) is 0 Å². The first-order chi connectivity index (χ1) is 7.52. The molecule has 4 nitrogen and oxygen atoms in total. The molecule has 90 valence electrons. The van der Waals surface area contributed by atoms with Gasteiger partial charge in [0.25, 0.3) is 0 Å². The van der Waals surface area contributed by atoms with Crippen LogP contribution in [0.5, 0.6) is 11.5 Å². The van der Waals surface area contributed by atoms with E-state index >= 15 is 0 Å². The first kappa shape index (κ1) is 13.3. The third kappa shape index (κ3) is 2.48. The number of hydrogen-bond acceptors (Lipinski definition) is 4. The second-order valence-corrected chi connectivity index (χ2v) is 4.40. The fraction of sp³-hybridized carbons (Fsp3) is 0.455. The van der Waals surface area contributed by atoms with Crippen LogP contribution in [0.15, 0.2) is 10.5 Å². The Morgan fingerprint density at radius 2 is 2.19 bits per heavy atom. The molecule has 0 aromatic heterocycles. The van der Waals surface area contributed by atoms with E-state index in [4.69, 9.17) is 4.74 Å². The summed E-state index contributed by atoms with van der Waals surface area (Å²) in [6, 6.07) is 1.81. The van der Waals surface area contributed by atoms with Gasteiger partial charge in [0.2, 0.25) is 0 Å². The van der Waals surface area contributed by atoms with Gasteiger partial charge in [0.05, 0.1) is 17.7 Å². The molecule has 0 heterocycles. The molecule has 0 radical (unpaired) electrons. The van der Waals surface area contributed by atoms with Crippen LogP contribution in [0.1, 0.15) is 17.2 Å². The minimum absolute atomic E-state index is 0.0166. The summed E-state index contributed by atoms with van der Waals surface area (Å²) in [5.41, 5.74) is 1.31. The van der Waals surface area contributed by atoms with Crippen LogP contribution in [0, 0.1) is 6.92 Å². The van der Waals surface area contributed by atoms with Gasteiger partial charge in [-0.25, -0.2) is 0 Å². The molecule has 0 amide bonds. The molecule has 1 rings (SSSR count). The molecule has 0 aliphatic carbocycles. The van der Waals surface area contributed by atoms with Crippen LogP contribution in [0.3, 0.4) is 0 Å². The summed E-state index contributed by atoms with van der Waals surface area (Å²) in [5.74, 6) is 0.327. The number of aromatic hydroxyl groups is 1. The van der Waals surface area contributed by atoms with Gasteiger partial charge in [0.15, 0.2) is 11.5 Å². The summed E-state index contributed by atoms with van der Waals surface area (Å²) in [6.45, 7) is 2.21. The van der Waals surface area contributed by atoms with E-state index in [0.29, 0.717) is 22.3 Å². The number of hydrogen-bond donors (Lipinski definition) is 3. The first-order valence-corrected chi connectivity index (χ1v) is 5.70. The summed E-state index contributed by atoms with van der Waals surface area (Å²) in [5, 5.41) is 22.8. The van der Waals surface area contributed by atoms with Crippen LogP contribution >= 0.6 is 15.9 Å². The van der Waals surface area contributed by atoms with Gasteiger partial charge in [-0.15, -0.1) is 0 Å². The van der Waals surface area contributed by atoms with E-state index in [0.717, 1.165) is 5.56 Å². The van der Waals surface area contributed by atoms with E-state index in [1.165, 1.54) is 7.11 Å². The second-order valence-electron chi connectivity index (χ2n) is 3.54. The maximum absolute atomic E-state index is 10.0. The van der Waals surface area contributed by atoms with Crippen LogP contribution in [-0.4, -0.2) is 30.9 Å². The van der Waals surface area contributed by atoms with Gasteiger partial charge >= 0.3 is 0 Å². The van der Waals surface area contributed by atoms with Gasteiger partial charge < -0.3 is 20.3 Å². The zero-order valence-electron chi connectivity index (χ0n) is 9.54. The topological polar surface area (TPSA) is 61.7 Å². The summed E-state index contributed by atoms with van der Waals surface area (Å²) in [6.07, 6.45) is -0.757. The van der Waals surface area contributed by atoms with Crippen molar-refractivity contribution in [3.63, 3.8) is 0 Å². The van der Waals surface area contributed by atoms with Crippen molar-refractivity contribution < 1.29 is 14.9 Å². The highest BCUT2D eigenvalue weighted by Gasteiger charge is 2.20. The van der Waals surface area contributed by atoms with Crippen molar-refractivity contribution in [2.75, 3.05) is 20.7 Å². The van der Waals surface area contributed by atoms with Gasteiger partial charge in [-0.1, -0.05) is 0 Å². The highest BCUT2D eigenvalue weighted by molar-refractivity contribution is 9.10. The monoisotopic (exact) mass is 289 g/mol. The second kappa shape index (κ2) is 5.52. The van der Waals surface area contributed by atoms with Crippen molar-refractivity contribution in [1.82, 2.24) is 5.32 Å². The lowest BCUT2D eigenvalue weighted by Crippen LogP contribution is -2.17. The number of nitrogens with one attached hydrogen (secondary N) is 1. The Hall–Kier alpha value is -0.780. The average Bonchev–Trinajstić information content (AvgIpc) is 2.17. The van der Waals surface area contributed by atoms with E-state index in [-0.39, 0.29) is 5.75 Å². The molecule has 16 heavy (non-hydrogen) atoms. The molecular formula is C11H16BrNO3. The fourth-order valence-corrected chi connectivity index (χ4v) is 2.36. The number of aliphatic hydroxyl groups is 1. The number of aliphatic hydroxyl groups excluding tert-OH is 1. The van der Waals surface area contributed by atoms with Crippen LogP contribution in [-0.2, 0) is 0 Å². The van der Waals surface area contributed by atoms with E-state index < -0.39 is 6.10 Å². The number of aryl methyl sites for hydroxylation is 1. The molecule has 0 saturated carbocycles. The Morgan fingerprint density at radius 3 is 2.69 bits per heavy atom. The van der Waals surface area contributed by atoms with Gasteiger partial charge in [-0.2, -0.15) is 0 Å². The van der Waals surface area contributed by atoms with E-state index in [1.807, 2.05) is 13.0 Å². The largest absolute Gasteiger partial charge is 0.504 e. The number of benzene rings is 1. The summed E-state index contributed by atoms with van der Waals surface area (Å²) < 4.78 is 5.74. The van der Waals surface area contributed by atoms with Crippen molar-refractivity contribution >= 4 is 15.9 Å². The lowest BCUT2D eigenvalue weighted by atomic mass is 10.0. The highest BCUT2D eigenvalue weighted by atomic mass is 79.9. The molecule has 0 bridgehead atoms. The summed E-state index contributed by atoms with van der Waals surface area (Å²) in [7, 11) is 3.22. The zero-order chi connectivity index (χ0) is 12.3. The van der Waals surface area contributed by atoms with E-state index in [2.05, 4.69) is 21.2 Å². The number of ether oxygens (including phenoxy) is 1. The maximum Gasteiger partial charge on any atom is 0.175 e. The predicted octanol–water partition coefficient (Wildman–Crippen LogP) is 1.72. The van der Waals surface area contributed by atoms with E-state index in [1.54, 1.807) is 7.05 Å². The molecule has 3 N–H and O–H groups in total. The molecule has 0 fully saturated rings. The number of phenols is 1. The molecule has 1 aromatic carbocycles. The van der Waals surface area contributed by atoms with Crippen LogP contribution < -0.4 is 10.1 Å². The number of methoxy groups -OCH3 is 1. The minimum Gasteiger partial charge on any atom is -0.504 e. The number of rotatable bonds is 4. The van der Waals surface area contributed by atoms with Gasteiger partial charge in [0.1, 0.15) is 0 Å². The molecule has 0 saturated heterocycles. The summed E-state index contributed by atoms with van der Waals surface area (Å²) in [4.78, 5) is 0. The van der Waals surface area contributed by atoms with Crippen LogP contribution in [0.25, 0.3) is 0 Å². The minimum atomic E-state index is -0.757. The van der Waals surface area contributed by atoms with Crippen molar-refractivity contribution in [2.45, 2.75) is 13.0 Å². The highest BCUT2D eigenvalue weighted by Crippen LogP contribution is 2.41. The summed E-state index contributed by atoms with van der Waals surface area (Å²) >= 11 is 3.30. The van der Waals surface area contributed by atoms with Gasteiger partial charge in [-0.05, 0) is 41.5 Å². The van der Waals surface area contributed by atoms with Crippen molar-refractivity contribution in [1.29, 1.82) is 0 Å². The Morgan fingerprint density at radius 1 is 1.56 bits per heavy atom. The molecule has 1 unspecified atom stereocenters. The zero-order valence-corrected chi connectivity index (χ0v) is 11.1. The lowest BCUT2D eigenvalue weighted by molar-refractivity contribution is 0.172. The molecule has 0 aliphatic rings. The molecule has 0 spiro atoms. The number of likely N-dealkylation sites (N-methyl/N-ethyl adjacent to an activating group) is 1. The maximum atomic E-state index is 10.0. The molecular weight excluding hydrogens is 274 g/mol. The average molecular weight is 290 g/mol. The van der Waals surface area contributed by atoms with Gasteiger partial charge in [0, 0.05) is 12.1 Å². The number of phenolic OH excluding ortho intramolecular Hbond substituents is 1. The van der Waals surface area contributed by atoms with E-state index in [9.17, 15) is 10.2 Å². The van der Waals surface area contributed by atoms with Gasteiger partial charge in [-0.3, -0.25) is 0 Å². The first-order valence-electron chi connectivity index (χ1n) is 4.91. The molecule has 0 aliphatic heterocycles. The quantitative estimate of drug-likeness (QED) is 0.790. The predicted molar refractivity (Wildman–Crippen MR) is 66.0 cm³/mol. The Bertz CT molecular complexity index is 382.